The van der Waals surface area contributed by atoms with Crippen LogP contribution in [-0.2, 0) is 6.42 Å². The number of hydrogen-bond donors (Lipinski definition) is 0. The van der Waals surface area contributed by atoms with Crippen molar-refractivity contribution in [2.45, 2.75) is 65.2 Å². The first-order valence-electron chi connectivity index (χ1n) is 9.58. The summed E-state index contributed by atoms with van der Waals surface area (Å²) in [4.78, 5) is 0. The normalized spacial score (nSPS) is 12.6. The van der Waals surface area contributed by atoms with Gasteiger partial charge in [0.1, 0.15) is 0 Å². The van der Waals surface area contributed by atoms with Gasteiger partial charge in [-0.25, -0.2) is 0 Å². The Morgan fingerprint density at radius 3 is 1.96 bits per heavy atom. The molecule has 0 aliphatic rings. The molecule has 0 heteroatoms. The quantitative estimate of drug-likeness (QED) is 0.418. The second-order valence-corrected chi connectivity index (χ2v) is 6.72. The van der Waals surface area contributed by atoms with Crippen molar-refractivity contribution in [3.8, 4) is 11.1 Å². The van der Waals surface area contributed by atoms with Gasteiger partial charge in [-0.3, -0.25) is 0 Å². The third-order valence-corrected chi connectivity index (χ3v) is 4.80. The molecule has 0 saturated carbocycles. The lowest BCUT2D eigenvalue weighted by Crippen LogP contribution is -1.98. The third kappa shape index (κ3) is 5.37. The predicted molar refractivity (Wildman–Crippen MR) is 108 cm³/mol. The third-order valence-electron chi connectivity index (χ3n) is 4.80. The Morgan fingerprint density at radius 1 is 0.792 bits per heavy atom. The highest BCUT2D eigenvalue weighted by atomic mass is 14.1. The van der Waals surface area contributed by atoms with Crippen LogP contribution in [0, 0.1) is 0 Å². The molecule has 0 saturated heterocycles. The van der Waals surface area contributed by atoms with Crippen LogP contribution in [0.2, 0.25) is 0 Å². The second kappa shape index (κ2) is 10.1. The van der Waals surface area contributed by atoms with E-state index in [2.05, 4.69) is 81.5 Å². The van der Waals surface area contributed by atoms with Crippen LogP contribution in [0.1, 0.15) is 69.9 Å². The lowest BCUT2D eigenvalue weighted by atomic mass is 9.88. The summed E-state index contributed by atoms with van der Waals surface area (Å²) in [5.41, 5.74) is 5.52. The summed E-state index contributed by atoms with van der Waals surface area (Å²) in [7, 11) is 0. The van der Waals surface area contributed by atoms with Gasteiger partial charge in [0.15, 0.2) is 0 Å². The molecule has 2 rings (SSSR count). The van der Waals surface area contributed by atoms with Gasteiger partial charge in [0, 0.05) is 0 Å². The van der Waals surface area contributed by atoms with E-state index in [1.807, 2.05) is 0 Å². The molecule has 0 aliphatic heterocycles. The first kappa shape index (κ1) is 18.5. The monoisotopic (exact) mass is 320 g/mol. The van der Waals surface area contributed by atoms with Gasteiger partial charge >= 0.3 is 0 Å². The van der Waals surface area contributed by atoms with E-state index in [-0.39, 0.29) is 0 Å². The van der Waals surface area contributed by atoms with Crippen molar-refractivity contribution in [2.75, 3.05) is 0 Å². The van der Waals surface area contributed by atoms with E-state index in [9.17, 15) is 0 Å². The fourth-order valence-corrected chi connectivity index (χ4v) is 3.31. The van der Waals surface area contributed by atoms with Crippen molar-refractivity contribution in [3.05, 3.63) is 71.8 Å². The maximum Gasteiger partial charge on any atom is -0.00976 e. The Morgan fingerprint density at radius 2 is 1.42 bits per heavy atom. The van der Waals surface area contributed by atoms with Crippen LogP contribution in [0.3, 0.4) is 0 Å². The maximum atomic E-state index is 2.35. The van der Waals surface area contributed by atoms with E-state index in [0.717, 1.165) is 12.3 Å². The smallest absolute Gasteiger partial charge is 0.00976 e. The van der Waals surface area contributed by atoms with Crippen molar-refractivity contribution < 1.29 is 0 Å². The fourth-order valence-electron chi connectivity index (χ4n) is 3.31. The summed E-state index contributed by atoms with van der Waals surface area (Å²) in [6.45, 7) is 6.65. The van der Waals surface area contributed by atoms with E-state index in [1.54, 1.807) is 0 Å². The van der Waals surface area contributed by atoms with E-state index >= 15 is 0 Å². The molecule has 2 aromatic rings. The maximum absolute atomic E-state index is 2.35. The summed E-state index contributed by atoms with van der Waals surface area (Å²) >= 11 is 0. The Labute approximate surface area is 148 Å². The predicted octanol–water partition coefficient (Wildman–Crippen LogP) is 7.55. The topological polar surface area (TPSA) is 0 Å². The van der Waals surface area contributed by atoms with Gasteiger partial charge in [-0.15, -0.1) is 0 Å². The second-order valence-electron chi connectivity index (χ2n) is 6.72. The minimum Gasteiger partial charge on any atom is -0.0913 e. The molecule has 0 amide bonds. The number of hydrogen-bond acceptors (Lipinski definition) is 0. The minimum atomic E-state index is 0.729. The summed E-state index contributed by atoms with van der Waals surface area (Å²) < 4.78 is 0. The van der Waals surface area contributed by atoms with Gasteiger partial charge in [0.05, 0.1) is 0 Å². The van der Waals surface area contributed by atoms with E-state index in [4.69, 9.17) is 0 Å². The van der Waals surface area contributed by atoms with Gasteiger partial charge in [0.25, 0.3) is 0 Å². The van der Waals surface area contributed by atoms with Gasteiger partial charge < -0.3 is 0 Å². The molecule has 0 N–H and O–H groups in total. The zero-order valence-electron chi connectivity index (χ0n) is 15.6. The van der Waals surface area contributed by atoms with E-state index < -0.39 is 0 Å². The SMILES string of the molecule is C/C=C\Cc1ccc(-c2ccc(C(CCC)CCCC)cc2)cc1. The van der Waals surface area contributed by atoms with Gasteiger partial charge in [-0.2, -0.15) is 0 Å². The van der Waals surface area contributed by atoms with Crippen LogP contribution < -0.4 is 0 Å². The molecule has 2 aromatic carbocycles. The van der Waals surface area contributed by atoms with Crippen LogP contribution in [0.4, 0.5) is 0 Å². The molecule has 0 radical (unpaired) electrons. The van der Waals surface area contributed by atoms with Crippen molar-refractivity contribution in [1.82, 2.24) is 0 Å². The van der Waals surface area contributed by atoms with Gasteiger partial charge in [-0.1, -0.05) is 93.8 Å². The molecule has 0 bridgehead atoms. The Bertz CT molecular complexity index is 601. The Kier molecular flexibility index (Phi) is 7.82. The van der Waals surface area contributed by atoms with Crippen LogP contribution in [0.5, 0.6) is 0 Å². The van der Waals surface area contributed by atoms with Crippen LogP contribution >= 0.6 is 0 Å². The van der Waals surface area contributed by atoms with E-state index in [0.29, 0.717) is 0 Å². The average molecular weight is 321 g/mol. The van der Waals surface area contributed by atoms with Crippen LogP contribution in [0.25, 0.3) is 11.1 Å². The van der Waals surface area contributed by atoms with Crippen molar-refractivity contribution >= 4 is 0 Å². The lowest BCUT2D eigenvalue weighted by Gasteiger charge is -2.17. The molecular formula is C24H32. The summed E-state index contributed by atoms with van der Waals surface area (Å²) in [6.07, 6.45) is 11.8. The number of rotatable bonds is 9. The van der Waals surface area contributed by atoms with Gasteiger partial charge in [-0.05, 0) is 54.4 Å². The van der Waals surface area contributed by atoms with Crippen molar-refractivity contribution in [3.63, 3.8) is 0 Å². The van der Waals surface area contributed by atoms with Crippen LogP contribution in [-0.4, -0.2) is 0 Å². The Hall–Kier alpha value is -1.82. The summed E-state index contributed by atoms with van der Waals surface area (Å²) in [5.74, 6) is 0.729. The highest BCUT2D eigenvalue weighted by Gasteiger charge is 2.10. The number of allylic oxidation sites excluding steroid dienone is 2. The Balaban J connectivity index is 2.09. The molecule has 128 valence electrons. The molecule has 0 nitrogen and oxygen atoms in total. The zero-order valence-corrected chi connectivity index (χ0v) is 15.6. The molecule has 0 spiro atoms. The summed E-state index contributed by atoms with van der Waals surface area (Å²) in [5, 5.41) is 0. The standard InChI is InChI=1S/C24H32/c1-4-7-10-20-12-14-22(15-13-20)24-18-16-23(17-19-24)21(9-6-3)11-8-5-2/h4,7,12-19,21H,5-6,8-11H2,1-3H3/b7-4-. The average Bonchev–Trinajstić information content (AvgIpc) is 2.64. The minimum absolute atomic E-state index is 0.729. The molecule has 0 aromatic heterocycles. The largest absolute Gasteiger partial charge is 0.0913 e. The van der Waals surface area contributed by atoms with Gasteiger partial charge in [0.2, 0.25) is 0 Å². The van der Waals surface area contributed by atoms with Crippen LogP contribution in [0.15, 0.2) is 60.7 Å². The lowest BCUT2D eigenvalue weighted by molar-refractivity contribution is 0.541. The molecule has 24 heavy (non-hydrogen) atoms. The first-order valence-corrected chi connectivity index (χ1v) is 9.58. The number of unbranched alkanes of at least 4 members (excludes halogenated alkanes) is 1. The van der Waals surface area contributed by atoms with Crippen molar-refractivity contribution in [1.29, 1.82) is 0 Å². The molecular weight excluding hydrogens is 288 g/mol. The number of benzene rings is 2. The van der Waals surface area contributed by atoms with E-state index in [1.165, 1.54) is 54.4 Å². The molecule has 1 atom stereocenters. The first-order chi connectivity index (χ1) is 11.8. The summed E-state index contributed by atoms with van der Waals surface area (Å²) in [6, 6.07) is 18.3. The highest BCUT2D eigenvalue weighted by Crippen LogP contribution is 2.29. The highest BCUT2D eigenvalue weighted by molar-refractivity contribution is 5.64. The molecule has 0 fully saturated rings. The fraction of sp³-hybridized carbons (Fsp3) is 0.417. The molecule has 0 heterocycles. The molecule has 1 unspecified atom stereocenters. The molecule has 0 aliphatic carbocycles. The van der Waals surface area contributed by atoms with Crippen molar-refractivity contribution in [2.24, 2.45) is 0 Å². The zero-order chi connectivity index (χ0) is 17.2.